The van der Waals surface area contributed by atoms with Crippen LogP contribution < -0.4 is 14.2 Å². The second kappa shape index (κ2) is 13.4. The fourth-order valence-corrected chi connectivity index (χ4v) is 7.39. The Balaban J connectivity index is 1.54. The molecule has 12 heteroatoms. The maximum absolute atomic E-state index is 11.8. The SMILES string of the molecule is CCC(=Cc1sc2ccc(-c3ccccc3)cc2[n+]1CCS(=O)(=O)O)C=C1Oc2cc(C)c(C)cc2N1CCCCS(=O)(=O)O. The van der Waals surface area contributed by atoms with Crippen molar-refractivity contribution in [2.24, 2.45) is 0 Å². The smallest absolute Gasteiger partial charge is 0.271 e. The molecule has 5 rings (SSSR count). The number of hydrogen-bond acceptors (Lipinski definition) is 7. The average molecular weight is 670 g/mol. The lowest BCUT2D eigenvalue weighted by molar-refractivity contribution is -0.664. The van der Waals surface area contributed by atoms with Crippen LogP contribution in [0.15, 0.2) is 78.2 Å². The van der Waals surface area contributed by atoms with E-state index in [2.05, 4.69) is 6.07 Å². The molecule has 0 unspecified atom stereocenters. The molecule has 3 aromatic carbocycles. The Bertz CT molecular complexity index is 2000. The first-order valence-electron chi connectivity index (χ1n) is 14.7. The van der Waals surface area contributed by atoms with Crippen LogP contribution in [0.2, 0.25) is 0 Å². The molecular formula is C33H37N2O7S3+. The first-order valence-corrected chi connectivity index (χ1v) is 18.8. The van der Waals surface area contributed by atoms with Crippen LogP contribution in [0.3, 0.4) is 0 Å². The van der Waals surface area contributed by atoms with E-state index in [1.54, 1.807) is 0 Å². The lowest BCUT2D eigenvalue weighted by Gasteiger charge is -2.19. The monoisotopic (exact) mass is 669 g/mol. The fraction of sp³-hybridized carbons (Fsp3) is 0.303. The molecule has 0 fully saturated rings. The second-order valence-electron chi connectivity index (χ2n) is 11.1. The third-order valence-electron chi connectivity index (χ3n) is 7.82. The average Bonchev–Trinajstić information content (AvgIpc) is 3.49. The number of nitrogens with zero attached hydrogens (tertiary/aromatic N) is 2. The Labute approximate surface area is 268 Å². The molecule has 0 spiro atoms. The summed E-state index contributed by atoms with van der Waals surface area (Å²) in [5, 5.41) is 0.828. The maximum atomic E-state index is 11.8. The molecule has 1 aromatic heterocycles. The van der Waals surface area contributed by atoms with Crippen molar-refractivity contribution in [2.75, 3.05) is 23.0 Å². The van der Waals surface area contributed by atoms with Crippen molar-refractivity contribution in [1.29, 1.82) is 0 Å². The standard InChI is InChI=1S/C33H36N2O7S3/c1-4-25(20-32-34(14-8-9-16-44(36,37)38)28-18-23(2)24(3)19-30(28)42-32)21-33-35(15-17-45(39,40)41)29-22-27(12-13-31(29)43-33)26-10-6-5-7-11-26/h5-7,10-13,18-22H,4,8-9,14-17H2,1-3H3,(H-,36,37,38,39,40,41)/p+1. The van der Waals surface area contributed by atoms with E-state index in [4.69, 9.17) is 4.74 Å². The van der Waals surface area contributed by atoms with E-state index in [0.717, 1.165) is 48.7 Å². The highest BCUT2D eigenvalue weighted by Gasteiger charge is 2.28. The van der Waals surface area contributed by atoms with Gasteiger partial charge in [-0.25, -0.2) is 0 Å². The van der Waals surface area contributed by atoms with Gasteiger partial charge in [-0.1, -0.05) is 54.7 Å². The highest BCUT2D eigenvalue weighted by atomic mass is 32.2. The quantitative estimate of drug-likeness (QED) is 0.0987. The van der Waals surface area contributed by atoms with Gasteiger partial charge in [-0.2, -0.15) is 21.4 Å². The first-order chi connectivity index (χ1) is 21.3. The van der Waals surface area contributed by atoms with Gasteiger partial charge in [0.05, 0.1) is 11.4 Å². The van der Waals surface area contributed by atoms with E-state index in [0.29, 0.717) is 37.4 Å². The van der Waals surface area contributed by atoms with Crippen LogP contribution in [0.1, 0.15) is 42.3 Å². The largest absolute Gasteiger partial charge is 0.439 e. The third kappa shape index (κ3) is 8.19. The summed E-state index contributed by atoms with van der Waals surface area (Å²) in [7, 11) is -8.23. The highest BCUT2D eigenvalue weighted by Crippen LogP contribution is 2.41. The molecule has 2 heterocycles. The number of fused-ring (bicyclic) bond motifs is 2. The van der Waals surface area contributed by atoms with Gasteiger partial charge in [0.15, 0.2) is 12.3 Å². The predicted octanol–water partition coefficient (Wildman–Crippen LogP) is 6.56. The number of unbranched alkanes of at least 4 members (excludes halogenated alkanes) is 1. The van der Waals surface area contributed by atoms with Crippen molar-refractivity contribution in [1.82, 2.24) is 0 Å². The number of benzene rings is 3. The molecule has 1 aliphatic heterocycles. The zero-order valence-corrected chi connectivity index (χ0v) is 27.9. The predicted molar refractivity (Wildman–Crippen MR) is 180 cm³/mol. The zero-order chi connectivity index (χ0) is 32.4. The van der Waals surface area contributed by atoms with E-state index in [9.17, 15) is 25.9 Å². The molecule has 1 aliphatic rings. The number of anilines is 1. The molecule has 9 nitrogen and oxygen atoms in total. The molecule has 0 aliphatic carbocycles. The number of aryl methyl sites for hydroxylation is 3. The maximum Gasteiger partial charge on any atom is 0.271 e. The van der Waals surface area contributed by atoms with Gasteiger partial charge < -0.3 is 9.64 Å². The van der Waals surface area contributed by atoms with E-state index in [-0.39, 0.29) is 12.3 Å². The van der Waals surface area contributed by atoms with Gasteiger partial charge in [-0.05, 0) is 79.1 Å². The number of ether oxygens (including phenoxy) is 1. The van der Waals surface area contributed by atoms with Crippen molar-refractivity contribution in [2.45, 2.75) is 46.6 Å². The van der Waals surface area contributed by atoms with Crippen molar-refractivity contribution in [3.8, 4) is 16.9 Å². The van der Waals surface area contributed by atoms with Crippen LogP contribution in [0.4, 0.5) is 5.69 Å². The van der Waals surface area contributed by atoms with Gasteiger partial charge in [0.25, 0.3) is 25.2 Å². The summed E-state index contributed by atoms with van der Waals surface area (Å²) in [4.78, 5) is 2.03. The Kier molecular flexibility index (Phi) is 9.80. The number of hydrogen-bond donors (Lipinski definition) is 2. The number of rotatable bonds is 12. The molecule has 2 N–H and O–H groups in total. The highest BCUT2D eigenvalue weighted by molar-refractivity contribution is 7.86. The lowest BCUT2D eigenvalue weighted by atomic mass is 10.1. The molecule has 0 bridgehead atoms. The van der Waals surface area contributed by atoms with Crippen LogP contribution >= 0.6 is 11.3 Å². The lowest BCUT2D eigenvalue weighted by Crippen LogP contribution is -2.38. The topological polar surface area (TPSA) is 125 Å². The number of allylic oxidation sites excluding steroid dienone is 2. The van der Waals surface area contributed by atoms with Crippen LogP contribution in [-0.4, -0.2) is 44.0 Å². The van der Waals surface area contributed by atoms with E-state index >= 15 is 0 Å². The summed E-state index contributed by atoms with van der Waals surface area (Å²) in [5.74, 6) is 0.596. The van der Waals surface area contributed by atoms with Gasteiger partial charge >= 0.3 is 0 Å². The Morgan fingerprint density at radius 3 is 2.31 bits per heavy atom. The molecule has 0 radical (unpaired) electrons. The van der Waals surface area contributed by atoms with E-state index in [1.807, 2.05) is 97.0 Å². The molecule has 0 atom stereocenters. The van der Waals surface area contributed by atoms with E-state index in [1.165, 1.54) is 11.3 Å². The van der Waals surface area contributed by atoms with Gasteiger partial charge in [-0.15, -0.1) is 0 Å². The molecule has 4 aromatic rings. The van der Waals surface area contributed by atoms with Crippen LogP contribution in [0, 0.1) is 13.8 Å². The minimum Gasteiger partial charge on any atom is -0.439 e. The van der Waals surface area contributed by atoms with Crippen molar-refractivity contribution in [3.63, 3.8) is 0 Å². The second-order valence-corrected chi connectivity index (χ2v) is 15.3. The van der Waals surface area contributed by atoms with Gasteiger partial charge in [-0.3, -0.25) is 9.11 Å². The molecular weight excluding hydrogens is 633 g/mol. The summed E-state index contributed by atoms with van der Waals surface area (Å²) in [5.41, 5.74) is 6.94. The van der Waals surface area contributed by atoms with Gasteiger partial charge in [0.1, 0.15) is 10.5 Å². The number of thiazole rings is 1. The zero-order valence-electron chi connectivity index (χ0n) is 25.4. The number of aromatic nitrogens is 1. The third-order valence-corrected chi connectivity index (χ3v) is 10.4. The van der Waals surface area contributed by atoms with Crippen molar-refractivity contribution < 1.29 is 35.2 Å². The van der Waals surface area contributed by atoms with Crippen molar-refractivity contribution >= 4 is 53.6 Å². The summed E-state index contributed by atoms with van der Waals surface area (Å²) in [6.07, 6.45) is 5.46. The van der Waals surface area contributed by atoms with Crippen molar-refractivity contribution in [3.05, 3.63) is 94.3 Å². The summed E-state index contributed by atoms with van der Waals surface area (Å²) < 4.78 is 74.1. The van der Waals surface area contributed by atoms with Crippen LogP contribution in [-0.2, 0) is 26.8 Å². The van der Waals surface area contributed by atoms with Crippen LogP contribution in [0.25, 0.3) is 27.4 Å². The molecule has 45 heavy (non-hydrogen) atoms. The molecule has 238 valence electrons. The summed E-state index contributed by atoms with van der Waals surface area (Å²) in [6.45, 7) is 6.65. The summed E-state index contributed by atoms with van der Waals surface area (Å²) >= 11 is 1.54. The molecule has 0 saturated heterocycles. The Morgan fingerprint density at radius 2 is 1.62 bits per heavy atom. The molecule has 0 saturated carbocycles. The minimum atomic E-state index is -4.19. The fourth-order valence-electron chi connectivity index (χ4n) is 5.26. The van der Waals surface area contributed by atoms with Gasteiger partial charge in [0, 0.05) is 24.8 Å². The van der Waals surface area contributed by atoms with Crippen LogP contribution in [0.5, 0.6) is 5.75 Å². The Hall–Kier alpha value is -3.55. The Morgan fingerprint density at radius 1 is 0.911 bits per heavy atom. The molecule has 0 amide bonds. The minimum absolute atomic E-state index is 0.0802. The first kappa shape index (κ1) is 32.8. The van der Waals surface area contributed by atoms with E-state index < -0.39 is 26.0 Å². The normalized spacial score (nSPS) is 14.7. The summed E-state index contributed by atoms with van der Waals surface area (Å²) in [6, 6.07) is 20.1. The van der Waals surface area contributed by atoms with Gasteiger partial charge in [0.2, 0.25) is 11.4 Å².